The number of nitrogens with one attached hydrogen (secondary N) is 2. The monoisotopic (exact) mass is 566 g/mol. The Morgan fingerprint density at radius 1 is 1.02 bits per heavy atom. The van der Waals surface area contributed by atoms with Crippen LogP contribution in [0.4, 0.5) is 14.5 Å². The number of hydrogen-bond acceptors (Lipinski definition) is 5. The molecule has 0 amide bonds. The molecule has 0 bridgehead atoms. The number of ketones is 1. The maximum absolute atomic E-state index is 15.5. The molecule has 1 aliphatic carbocycles. The zero-order valence-corrected chi connectivity index (χ0v) is 21.9. The highest BCUT2D eigenvalue weighted by molar-refractivity contribution is 7.90. The number of anilines is 1. The number of nitrogens with zero attached hydrogens (tertiary/aromatic N) is 2. The predicted molar refractivity (Wildman–Crippen MR) is 143 cm³/mol. The molecule has 2 aromatic carbocycles. The first-order chi connectivity index (χ1) is 19.1. The second kappa shape index (κ2) is 9.49. The minimum absolute atomic E-state index is 0.0406. The third kappa shape index (κ3) is 4.33. The number of carbonyl (C=O) groups is 2. The number of pyridine rings is 1. The van der Waals surface area contributed by atoms with Crippen molar-refractivity contribution in [2.45, 2.75) is 31.1 Å². The van der Waals surface area contributed by atoms with Crippen molar-refractivity contribution in [1.29, 1.82) is 0 Å². The Labute approximate surface area is 228 Å². The van der Waals surface area contributed by atoms with Crippen molar-refractivity contribution in [3.63, 3.8) is 0 Å². The average molecular weight is 567 g/mol. The SMILES string of the molecule is O=C(c1c(F)ccc(NS(=O)(=O)N2CCCC2)c1F)c1c[nH]c2ncc(-c3ccc(C4(C(=O)O)CC4)cc3)cc12. The Morgan fingerprint density at radius 2 is 1.73 bits per heavy atom. The van der Waals surface area contributed by atoms with Gasteiger partial charge >= 0.3 is 16.2 Å². The summed E-state index contributed by atoms with van der Waals surface area (Å²) in [7, 11) is -4.07. The van der Waals surface area contributed by atoms with Crippen LogP contribution in [0.25, 0.3) is 22.2 Å². The Balaban J connectivity index is 1.33. The lowest BCUT2D eigenvalue weighted by Crippen LogP contribution is -2.33. The van der Waals surface area contributed by atoms with Gasteiger partial charge in [-0.15, -0.1) is 0 Å². The number of rotatable bonds is 8. The molecule has 0 atom stereocenters. The van der Waals surface area contributed by atoms with Gasteiger partial charge in [0.2, 0.25) is 5.78 Å². The third-order valence-corrected chi connectivity index (χ3v) is 9.19. The molecule has 1 saturated heterocycles. The standard InChI is InChI=1S/C28H24F2N4O5S/c29-21-7-8-22(33-40(38,39)34-11-1-2-12-34)24(30)23(21)25(35)20-15-32-26-19(20)13-17(14-31-26)16-3-5-18(6-4-16)28(9-10-28)27(36)37/h3-8,13-15,33H,1-2,9-12H2,(H,31,32)(H,36,37). The van der Waals surface area contributed by atoms with E-state index in [0.29, 0.717) is 47.8 Å². The molecule has 206 valence electrons. The molecule has 1 aliphatic heterocycles. The summed E-state index contributed by atoms with van der Waals surface area (Å²) >= 11 is 0. The van der Waals surface area contributed by atoms with E-state index in [0.717, 1.165) is 17.7 Å². The van der Waals surface area contributed by atoms with Gasteiger partial charge < -0.3 is 10.1 Å². The number of carboxylic acids is 1. The van der Waals surface area contributed by atoms with E-state index in [4.69, 9.17) is 0 Å². The quantitative estimate of drug-likeness (QED) is 0.267. The van der Waals surface area contributed by atoms with Crippen LogP contribution in [0.1, 0.15) is 47.2 Å². The zero-order valence-electron chi connectivity index (χ0n) is 21.1. The Bertz CT molecular complexity index is 1780. The first-order valence-electron chi connectivity index (χ1n) is 12.7. The average Bonchev–Trinajstić information content (AvgIpc) is 3.35. The summed E-state index contributed by atoms with van der Waals surface area (Å²) in [6.45, 7) is 0.579. The fraction of sp³-hybridized carbons (Fsp3) is 0.250. The summed E-state index contributed by atoms with van der Waals surface area (Å²) in [6, 6.07) is 10.5. The predicted octanol–water partition coefficient (Wildman–Crippen LogP) is 4.61. The van der Waals surface area contributed by atoms with Gasteiger partial charge in [-0.25, -0.2) is 13.8 Å². The van der Waals surface area contributed by atoms with Crippen LogP contribution in [0.2, 0.25) is 0 Å². The van der Waals surface area contributed by atoms with Crippen molar-refractivity contribution >= 4 is 38.7 Å². The molecular formula is C28H24F2N4O5S. The molecule has 2 fully saturated rings. The molecule has 4 aromatic rings. The van der Waals surface area contributed by atoms with Gasteiger partial charge in [-0.2, -0.15) is 12.7 Å². The topological polar surface area (TPSA) is 132 Å². The molecule has 1 saturated carbocycles. The van der Waals surface area contributed by atoms with Crippen molar-refractivity contribution in [3.8, 4) is 11.1 Å². The van der Waals surface area contributed by atoms with Gasteiger partial charge in [0, 0.05) is 42.0 Å². The maximum atomic E-state index is 15.5. The number of aliphatic carboxylic acids is 1. The Morgan fingerprint density at radius 3 is 2.38 bits per heavy atom. The van der Waals surface area contributed by atoms with Gasteiger partial charge in [0.25, 0.3) is 0 Å². The molecule has 2 aromatic heterocycles. The Hall–Kier alpha value is -4.16. The van der Waals surface area contributed by atoms with E-state index in [9.17, 15) is 27.5 Å². The molecule has 2 aliphatic rings. The second-order valence-corrected chi connectivity index (χ2v) is 11.8. The van der Waals surface area contributed by atoms with Crippen molar-refractivity contribution < 1.29 is 31.9 Å². The fourth-order valence-electron chi connectivity index (χ4n) is 5.19. The van der Waals surface area contributed by atoms with Gasteiger partial charge in [0.15, 0.2) is 5.82 Å². The van der Waals surface area contributed by atoms with Gasteiger partial charge in [0.05, 0.1) is 16.7 Å². The normalized spacial score (nSPS) is 16.8. The smallest absolute Gasteiger partial charge is 0.314 e. The van der Waals surface area contributed by atoms with Crippen LogP contribution >= 0.6 is 0 Å². The van der Waals surface area contributed by atoms with Crippen LogP contribution in [0.3, 0.4) is 0 Å². The number of H-pyrrole nitrogens is 1. The van der Waals surface area contributed by atoms with Crippen LogP contribution in [-0.4, -0.2) is 52.6 Å². The highest BCUT2D eigenvalue weighted by Gasteiger charge is 2.51. The second-order valence-electron chi connectivity index (χ2n) is 10.1. The van der Waals surface area contributed by atoms with Gasteiger partial charge in [0.1, 0.15) is 11.5 Å². The van der Waals surface area contributed by atoms with Gasteiger partial charge in [-0.1, -0.05) is 24.3 Å². The van der Waals surface area contributed by atoms with E-state index < -0.39 is 50.3 Å². The first kappa shape index (κ1) is 26.1. The molecule has 0 spiro atoms. The molecular weight excluding hydrogens is 542 g/mol. The third-order valence-electron chi connectivity index (χ3n) is 7.67. The maximum Gasteiger partial charge on any atom is 0.314 e. The van der Waals surface area contributed by atoms with Gasteiger partial charge in [-0.3, -0.25) is 14.3 Å². The lowest BCUT2D eigenvalue weighted by Gasteiger charge is -2.18. The lowest BCUT2D eigenvalue weighted by molar-refractivity contribution is -0.140. The highest BCUT2D eigenvalue weighted by atomic mass is 32.2. The minimum atomic E-state index is -4.07. The number of hydrogen-bond donors (Lipinski definition) is 3. The van der Waals surface area contributed by atoms with Crippen LogP contribution < -0.4 is 4.72 Å². The molecule has 9 nitrogen and oxygen atoms in total. The summed E-state index contributed by atoms with van der Waals surface area (Å²) in [6.07, 6.45) is 5.40. The number of benzene rings is 2. The van der Waals surface area contributed by atoms with E-state index in [1.807, 2.05) is 0 Å². The van der Waals surface area contributed by atoms with Crippen LogP contribution in [0, 0.1) is 11.6 Å². The number of aromatic nitrogens is 2. The summed E-state index contributed by atoms with van der Waals surface area (Å²) in [5, 5.41) is 9.86. The number of carboxylic acid groups (broad SMARTS) is 1. The summed E-state index contributed by atoms with van der Waals surface area (Å²) in [4.78, 5) is 32.2. The van der Waals surface area contributed by atoms with E-state index in [1.165, 1.54) is 10.5 Å². The van der Waals surface area contributed by atoms with E-state index in [-0.39, 0.29) is 18.7 Å². The van der Waals surface area contributed by atoms with Crippen LogP contribution in [-0.2, 0) is 20.4 Å². The van der Waals surface area contributed by atoms with Crippen LogP contribution in [0.5, 0.6) is 0 Å². The minimum Gasteiger partial charge on any atom is -0.481 e. The fourth-order valence-corrected chi connectivity index (χ4v) is 6.49. The molecule has 0 radical (unpaired) electrons. The molecule has 12 heteroatoms. The van der Waals surface area contributed by atoms with Crippen molar-refractivity contribution in [3.05, 3.63) is 83.2 Å². The first-order valence-corrected chi connectivity index (χ1v) is 14.2. The number of carbonyl (C=O) groups excluding carboxylic acids is 1. The lowest BCUT2D eigenvalue weighted by atomic mass is 9.94. The summed E-state index contributed by atoms with van der Waals surface area (Å²) in [5.74, 6) is -4.27. The van der Waals surface area contributed by atoms with E-state index >= 15 is 4.39 Å². The van der Waals surface area contributed by atoms with Crippen LogP contribution in [0.15, 0.2) is 54.9 Å². The Kier molecular flexibility index (Phi) is 6.19. The van der Waals surface area contributed by atoms with Gasteiger partial charge in [-0.05, 0) is 55.0 Å². The number of halogens is 2. The van der Waals surface area contributed by atoms with E-state index in [1.54, 1.807) is 36.5 Å². The summed E-state index contributed by atoms with van der Waals surface area (Å²) in [5.41, 5.74) is 0.0639. The molecule has 3 heterocycles. The molecule has 6 rings (SSSR count). The van der Waals surface area contributed by atoms with E-state index in [2.05, 4.69) is 14.7 Å². The molecule has 40 heavy (non-hydrogen) atoms. The largest absolute Gasteiger partial charge is 0.481 e. The zero-order chi connectivity index (χ0) is 28.2. The van der Waals surface area contributed by atoms with Crippen molar-refractivity contribution in [2.24, 2.45) is 0 Å². The number of aromatic amines is 1. The summed E-state index contributed by atoms with van der Waals surface area (Å²) < 4.78 is 58.9. The highest BCUT2D eigenvalue weighted by Crippen LogP contribution is 2.48. The number of fused-ring (bicyclic) bond motifs is 1. The van der Waals surface area contributed by atoms with Crippen molar-refractivity contribution in [1.82, 2.24) is 14.3 Å². The van der Waals surface area contributed by atoms with Crippen molar-refractivity contribution in [2.75, 3.05) is 17.8 Å². The molecule has 3 N–H and O–H groups in total. The molecule has 0 unspecified atom stereocenters.